The Labute approximate surface area is 141 Å². The fourth-order valence-corrected chi connectivity index (χ4v) is 2.66. The van der Waals surface area contributed by atoms with Crippen molar-refractivity contribution in [3.8, 4) is 0 Å². The van der Waals surface area contributed by atoms with Crippen LogP contribution in [0.2, 0.25) is 0 Å². The second-order valence-corrected chi connectivity index (χ2v) is 5.84. The van der Waals surface area contributed by atoms with E-state index in [-0.39, 0.29) is 5.91 Å². The first-order valence-electron chi connectivity index (χ1n) is 8.09. The number of likely N-dealkylation sites (N-methyl/N-ethyl adjacent to an activating group) is 1. The van der Waals surface area contributed by atoms with Crippen molar-refractivity contribution in [2.75, 3.05) is 38.1 Å². The van der Waals surface area contributed by atoms with E-state index in [1.807, 2.05) is 12.1 Å². The molecule has 1 fully saturated rings. The smallest absolute Gasteiger partial charge is 0.244 e. The molecule has 2 aromatic heterocycles. The van der Waals surface area contributed by atoms with Crippen LogP contribution in [-0.2, 0) is 11.3 Å². The monoisotopic (exact) mass is 326 g/mol. The summed E-state index contributed by atoms with van der Waals surface area (Å²) in [7, 11) is 2.13. The van der Waals surface area contributed by atoms with Crippen LogP contribution in [0.3, 0.4) is 0 Å². The van der Waals surface area contributed by atoms with Crippen molar-refractivity contribution >= 4 is 17.8 Å². The number of hydrogen-bond donors (Lipinski definition) is 1. The second kappa shape index (κ2) is 7.79. The van der Waals surface area contributed by atoms with Crippen molar-refractivity contribution in [2.24, 2.45) is 0 Å². The third kappa shape index (κ3) is 4.23. The van der Waals surface area contributed by atoms with E-state index in [0.29, 0.717) is 12.3 Å². The molecule has 3 rings (SSSR count). The zero-order valence-electron chi connectivity index (χ0n) is 13.8. The van der Waals surface area contributed by atoms with Gasteiger partial charge in [0.1, 0.15) is 11.6 Å². The maximum atomic E-state index is 12.0. The molecule has 0 unspecified atom stereocenters. The van der Waals surface area contributed by atoms with Gasteiger partial charge in [-0.05, 0) is 31.3 Å². The average Bonchev–Trinajstić information content (AvgIpc) is 3.13. The van der Waals surface area contributed by atoms with Crippen LogP contribution in [0.4, 0.5) is 5.82 Å². The van der Waals surface area contributed by atoms with Gasteiger partial charge in [-0.15, -0.1) is 0 Å². The summed E-state index contributed by atoms with van der Waals surface area (Å²) in [4.78, 5) is 21.1. The number of furan rings is 1. The maximum absolute atomic E-state index is 12.0. The number of carbonyl (C=O) groups excluding carboxylic acids is 1. The third-order valence-electron chi connectivity index (χ3n) is 4.07. The molecule has 1 amide bonds. The third-order valence-corrected chi connectivity index (χ3v) is 4.07. The van der Waals surface area contributed by atoms with Crippen molar-refractivity contribution in [3.05, 3.63) is 54.1 Å². The van der Waals surface area contributed by atoms with Crippen LogP contribution in [0.1, 0.15) is 11.3 Å². The SMILES string of the molecule is CN1CCN(c2ncccc2CNC(=O)/C=C\c2ccco2)CC1. The lowest BCUT2D eigenvalue weighted by molar-refractivity contribution is -0.116. The van der Waals surface area contributed by atoms with E-state index in [4.69, 9.17) is 4.42 Å². The van der Waals surface area contributed by atoms with E-state index in [1.165, 1.54) is 6.08 Å². The van der Waals surface area contributed by atoms with Gasteiger partial charge in [0.05, 0.1) is 6.26 Å². The number of piperazine rings is 1. The number of carbonyl (C=O) groups is 1. The van der Waals surface area contributed by atoms with Gasteiger partial charge < -0.3 is 19.5 Å². The first-order chi connectivity index (χ1) is 11.7. The molecule has 126 valence electrons. The minimum atomic E-state index is -0.153. The van der Waals surface area contributed by atoms with Crippen molar-refractivity contribution in [2.45, 2.75) is 6.54 Å². The first-order valence-corrected chi connectivity index (χ1v) is 8.09. The molecule has 0 bridgehead atoms. The molecule has 1 aliphatic heterocycles. The lowest BCUT2D eigenvalue weighted by Crippen LogP contribution is -2.45. The summed E-state index contributed by atoms with van der Waals surface area (Å²) in [5, 5.41) is 2.91. The number of hydrogen-bond acceptors (Lipinski definition) is 5. The predicted octanol–water partition coefficient (Wildman–Crippen LogP) is 1.76. The summed E-state index contributed by atoms with van der Waals surface area (Å²) in [6, 6.07) is 7.50. The highest BCUT2D eigenvalue weighted by molar-refractivity contribution is 5.91. The van der Waals surface area contributed by atoms with E-state index >= 15 is 0 Å². The van der Waals surface area contributed by atoms with Crippen LogP contribution < -0.4 is 10.2 Å². The molecule has 0 atom stereocenters. The van der Waals surface area contributed by atoms with Gasteiger partial charge in [0.2, 0.25) is 5.91 Å². The molecule has 0 aliphatic carbocycles. The molecule has 6 nitrogen and oxygen atoms in total. The van der Waals surface area contributed by atoms with Crippen LogP contribution >= 0.6 is 0 Å². The van der Waals surface area contributed by atoms with Gasteiger partial charge in [-0.25, -0.2) is 4.98 Å². The van der Waals surface area contributed by atoms with E-state index < -0.39 is 0 Å². The minimum Gasteiger partial charge on any atom is -0.465 e. The fraction of sp³-hybridized carbons (Fsp3) is 0.333. The van der Waals surface area contributed by atoms with Gasteiger partial charge in [-0.3, -0.25) is 4.79 Å². The number of aromatic nitrogens is 1. The molecule has 0 saturated carbocycles. The number of pyridine rings is 1. The van der Waals surface area contributed by atoms with Gasteiger partial charge in [0.15, 0.2) is 0 Å². The van der Waals surface area contributed by atoms with E-state index in [9.17, 15) is 4.79 Å². The van der Waals surface area contributed by atoms with Crippen LogP contribution in [0.5, 0.6) is 0 Å². The number of nitrogens with zero attached hydrogens (tertiary/aromatic N) is 3. The highest BCUT2D eigenvalue weighted by atomic mass is 16.3. The molecule has 1 aliphatic rings. The summed E-state index contributed by atoms with van der Waals surface area (Å²) in [6.45, 7) is 4.40. The molecule has 1 N–H and O–H groups in total. The second-order valence-electron chi connectivity index (χ2n) is 5.84. The number of rotatable bonds is 5. The lowest BCUT2D eigenvalue weighted by atomic mass is 10.2. The summed E-state index contributed by atoms with van der Waals surface area (Å²) >= 11 is 0. The lowest BCUT2D eigenvalue weighted by Gasteiger charge is -2.34. The van der Waals surface area contributed by atoms with Gasteiger partial charge >= 0.3 is 0 Å². The molecule has 0 spiro atoms. The standard InChI is InChI=1S/C18H22N4O2/c1-21-9-11-22(12-10-21)18-15(4-2-8-19-18)14-20-17(23)7-6-16-5-3-13-24-16/h2-8,13H,9-12,14H2,1H3,(H,20,23)/b7-6-. The summed E-state index contributed by atoms with van der Waals surface area (Å²) in [5.74, 6) is 1.46. The quantitative estimate of drug-likeness (QED) is 0.848. The molecule has 0 aromatic carbocycles. The Morgan fingerprint density at radius 3 is 2.88 bits per heavy atom. The zero-order valence-corrected chi connectivity index (χ0v) is 13.8. The number of nitrogens with one attached hydrogen (secondary N) is 1. The Kier molecular flexibility index (Phi) is 5.28. The van der Waals surface area contributed by atoms with E-state index in [0.717, 1.165) is 37.6 Å². The topological polar surface area (TPSA) is 61.6 Å². The first kappa shape index (κ1) is 16.3. The molecule has 0 radical (unpaired) electrons. The molecular formula is C18H22N4O2. The molecule has 3 heterocycles. The molecule has 2 aromatic rings. The van der Waals surface area contributed by atoms with Crippen LogP contribution in [0.15, 0.2) is 47.2 Å². The Morgan fingerprint density at radius 1 is 1.29 bits per heavy atom. The summed E-state index contributed by atoms with van der Waals surface area (Å²) in [5.41, 5.74) is 1.03. The summed E-state index contributed by atoms with van der Waals surface area (Å²) < 4.78 is 5.17. The van der Waals surface area contributed by atoms with Crippen LogP contribution in [0, 0.1) is 0 Å². The maximum Gasteiger partial charge on any atom is 0.244 e. The van der Waals surface area contributed by atoms with Crippen molar-refractivity contribution in [1.29, 1.82) is 0 Å². The molecular weight excluding hydrogens is 304 g/mol. The average molecular weight is 326 g/mol. The number of amides is 1. The zero-order chi connectivity index (χ0) is 16.8. The van der Waals surface area contributed by atoms with Crippen molar-refractivity contribution in [3.63, 3.8) is 0 Å². The van der Waals surface area contributed by atoms with Gasteiger partial charge in [0, 0.05) is 50.6 Å². The minimum absolute atomic E-state index is 0.153. The van der Waals surface area contributed by atoms with Crippen LogP contribution in [-0.4, -0.2) is 49.0 Å². The van der Waals surface area contributed by atoms with Crippen molar-refractivity contribution < 1.29 is 9.21 Å². The highest BCUT2D eigenvalue weighted by Crippen LogP contribution is 2.18. The highest BCUT2D eigenvalue weighted by Gasteiger charge is 2.17. The molecule has 1 saturated heterocycles. The summed E-state index contributed by atoms with van der Waals surface area (Å²) in [6.07, 6.45) is 6.51. The van der Waals surface area contributed by atoms with E-state index in [1.54, 1.807) is 30.7 Å². The Balaban J connectivity index is 1.60. The molecule has 6 heteroatoms. The van der Waals surface area contributed by atoms with Gasteiger partial charge in [0.25, 0.3) is 0 Å². The molecule has 24 heavy (non-hydrogen) atoms. The van der Waals surface area contributed by atoms with Crippen LogP contribution in [0.25, 0.3) is 6.08 Å². The number of anilines is 1. The Morgan fingerprint density at radius 2 is 2.12 bits per heavy atom. The van der Waals surface area contributed by atoms with Gasteiger partial charge in [-0.2, -0.15) is 0 Å². The Bertz CT molecular complexity index is 689. The predicted molar refractivity (Wildman–Crippen MR) is 93.5 cm³/mol. The van der Waals surface area contributed by atoms with E-state index in [2.05, 4.69) is 27.1 Å². The largest absolute Gasteiger partial charge is 0.465 e. The van der Waals surface area contributed by atoms with Crippen molar-refractivity contribution in [1.82, 2.24) is 15.2 Å². The Hall–Kier alpha value is -2.60. The van der Waals surface area contributed by atoms with Gasteiger partial charge in [-0.1, -0.05) is 6.07 Å². The fourth-order valence-electron chi connectivity index (χ4n) is 2.66. The normalized spacial score (nSPS) is 15.8.